The van der Waals surface area contributed by atoms with Crippen molar-refractivity contribution >= 4 is 55.8 Å². The van der Waals surface area contributed by atoms with Gasteiger partial charge in [-0.05, 0) is 66.9 Å². The van der Waals surface area contributed by atoms with Crippen LogP contribution in [0.1, 0.15) is 11.1 Å². The lowest BCUT2D eigenvalue weighted by atomic mass is 10.1. The van der Waals surface area contributed by atoms with Crippen LogP contribution in [0.3, 0.4) is 0 Å². The number of rotatable bonds is 5. The van der Waals surface area contributed by atoms with Gasteiger partial charge in [-0.3, -0.25) is 9.10 Å². The maximum Gasteiger partial charge on any atom is 0.264 e. The summed E-state index contributed by atoms with van der Waals surface area (Å²) < 4.78 is 26.9. The highest BCUT2D eigenvalue weighted by Gasteiger charge is 2.27. The number of nitrogens with zero attached hydrogens (tertiary/aromatic N) is 1. The zero-order valence-electron chi connectivity index (χ0n) is 12.9. The van der Waals surface area contributed by atoms with Gasteiger partial charge >= 0.3 is 0 Å². The fourth-order valence-electron chi connectivity index (χ4n) is 2.29. The molecule has 2 aromatic rings. The predicted octanol–water partition coefficient (Wildman–Crippen LogP) is 4.57. The molecule has 8 heteroatoms. The number of benzene rings is 2. The summed E-state index contributed by atoms with van der Waals surface area (Å²) in [4.78, 5) is 11.3. The maximum absolute atomic E-state index is 13.0. The highest BCUT2D eigenvalue weighted by atomic mass is 35.5. The molecule has 0 saturated heterocycles. The average Bonchev–Trinajstić information content (AvgIpc) is 2.46. The topological polar surface area (TPSA) is 54.5 Å². The van der Waals surface area contributed by atoms with Crippen LogP contribution in [0.15, 0.2) is 41.3 Å². The molecule has 0 heterocycles. The Bertz CT molecular complexity index is 877. The molecule has 0 radical (unpaired) electrons. The van der Waals surface area contributed by atoms with Crippen molar-refractivity contribution in [1.29, 1.82) is 0 Å². The summed E-state index contributed by atoms with van der Waals surface area (Å²) in [6, 6.07) is 9.20. The molecule has 0 aromatic heterocycles. The van der Waals surface area contributed by atoms with E-state index in [0.29, 0.717) is 5.69 Å². The molecule has 0 aliphatic heterocycles. The van der Waals surface area contributed by atoms with E-state index in [2.05, 4.69) is 0 Å². The third kappa shape index (κ3) is 4.22. The smallest absolute Gasteiger partial charge is 0.264 e. The van der Waals surface area contributed by atoms with E-state index in [0.717, 1.165) is 15.4 Å². The number of carbonyl (C=O) groups is 1. The Labute approximate surface area is 156 Å². The van der Waals surface area contributed by atoms with Crippen LogP contribution < -0.4 is 4.31 Å². The molecule has 2 aromatic carbocycles. The lowest BCUT2D eigenvalue weighted by molar-refractivity contribution is -0.110. The van der Waals surface area contributed by atoms with Crippen LogP contribution in [-0.2, 0) is 14.8 Å². The van der Waals surface area contributed by atoms with Crippen LogP contribution in [0.4, 0.5) is 5.69 Å². The van der Waals surface area contributed by atoms with Crippen LogP contribution in [0, 0.1) is 13.8 Å². The van der Waals surface area contributed by atoms with Crippen molar-refractivity contribution in [2.24, 2.45) is 0 Å². The van der Waals surface area contributed by atoms with Crippen molar-refractivity contribution in [3.8, 4) is 0 Å². The standard InChI is InChI=1S/C16H14Cl3NO3S/c1-10-5-11(2)7-12(6-10)20(9-16(19)21)24(22,23)13-3-4-14(17)15(18)8-13/h3-8H,9H2,1-2H3. The summed E-state index contributed by atoms with van der Waals surface area (Å²) in [5, 5.41) is -0.449. The van der Waals surface area contributed by atoms with Crippen molar-refractivity contribution in [2.75, 3.05) is 10.8 Å². The molecule has 0 saturated carbocycles. The first-order valence-corrected chi connectivity index (χ1v) is 9.43. The Morgan fingerprint density at radius 2 is 1.58 bits per heavy atom. The van der Waals surface area contributed by atoms with Gasteiger partial charge in [0.2, 0.25) is 5.24 Å². The summed E-state index contributed by atoms with van der Waals surface area (Å²) >= 11 is 17.2. The lowest BCUT2D eigenvalue weighted by Crippen LogP contribution is -2.34. The zero-order valence-corrected chi connectivity index (χ0v) is 16.0. The molecule has 4 nitrogen and oxygen atoms in total. The van der Waals surface area contributed by atoms with E-state index in [1.54, 1.807) is 12.1 Å². The SMILES string of the molecule is Cc1cc(C)cc(N(CC(=O)Cl)S(=O)(=O)c2ccc(Cl)c(Cl)c2)c1. The molecule has 0 bridgehead atoms. The molecular weight excluding hydrogens is 393 g/mol. The highest BCUT2D eigenvalue weighted by Crippen LogP contribution is 2.30. The number of hydrogen-bond acceptors (Lipinski definition) is 3. The number of sulfonamides is 1. The Kier molecular flexibility index (Phi) is 5.81. The summed E-state index contributed by atoms with van der Waals surface area (Å²) in [6.07, 6.45) is 0. The number of carbonyl (C=O) groups excluding carboxylic acids is 1. The average molecular weight is 407 g/mol. The summed E-state index contributed by atoms with van der Waals surface area (Å²) in [7, 11) is -4.04. The Morgan fingerprint density at radius 3 is 2.08 bits per heavy atom. The quantitative estimate of drug-likeness (QED) is 0.683. The first-order valence-electron chi connectivity index (χ1n) is 6.85. The van der Waals surface area contributed by atoms with Gasteiger partial charge in [0, 0.05) is 0 Å². The number of halogens is 3. The lowest BCUT2D eigenvalue weighted by Gasteiger charge is -2.24. The van der Waals surface area contributed by atoms with Gasteiger partial charge in [0.05, 0.1) is 20.6 Å². The van der Waals surface area contributed by atoms with Gasteiger partial charge in [-0.25, -0.2) is 8.42 Å². The zero-order chi connectivity index (χ0) is 18.1. The third-order valence-electron chi connectivity index (χ3n) is 3.24. The molecule has 0 N–H and O–H groups in total. The molecule has 0 unspecified atom stereocenters. The molecule has 0 aliphatic rings. The monoisotopic (exact) mass is 405 g/mol. The van der Waals surface area contributed by atoms with E-state index in [-0.39, 0.29) is 14.9 Å². The minimum absolute atomic E-state index is 0.0750. The summed E-state index contributed by atoms with van der Waals surface area (Å²) in [6.45, 7) is 3.18. The molecular formula is C16H14Cl3NO3S. The van der Waals surface area contributed by atoms with Gasteiger partial charge in [-0.15, -0.1) is 0 Å². The number of hydrogen-bond donors (Lipinski definition) is 0. The number of anilines is 1. The summed E-state index contributed by atoms with van der Waals surface area (Å²) in [5.74, 6) is 0. The molecule has 0 aliphatic carbocycles. The largest absolute Gasteiger partial charge is 0.279 e. The third-order valence-corrected chi connectivity index (χ3v) is 5.87. The number of aryl methyl sites for hydroxylation is 2. The van der Waals surface area contributed by atoms with Gasteiger partial charge in [0.1, 0.15) is 6.54 Å². The fourth-order valence-corrected chi connectivity index (χ4v) is 4.27. The molecule has 0 atom stereocenters. The van der Waals surface area contributed by atoms with E-state index in [4.69, 9.17) is 34.8 Å². The normalized spacial score (nSPS) is 11.4. The Hall–Kier alpha value is -1.27. The van der Waals surface area contributed by atoms with Gasteiger partial charge in [-0.2, -0.15) is 0 Å². The minimum atomic E-state index is -4.04. The first kappa shape index (κ1) is 19.1. The van der Waals surface area contributed by atoms with Crippen molar-refractivity contribution in [1.82, 2.24) is 0 Å². The Morgan fingerprint density at radius 1 is 1.00 bits per heavy atom. The molecule has 128 valence electrons. The second kappa shape index (κ2) is 7.31. The van der Waals surface area contributed by atoms with Crippen LogP contribution in [0.2, 0.25) is 10.0 Å². The van der Waals surface area contributed by atoms with Crippen molar-refractivity contribution < 1.29 is 13.2 Å². The minimum Gasteiger partial charge on any atom is -0.279 e. The van der Waals surface area contributed by atoms with Gasteiger partial charge in [-0.1, -0.05) is 29.3 Å². The van der Waals surface area contributed by atoms with Gasteiger partial charge in [0.15, 0.2) is 0 Å². The Balaban J connectivity index is 2.61. The van der Waals surface area contributed by atoms with Crippen LogP contribution in [0.25, 0.3) is 0 Å². The maximum atomic E-state index is 13.0. The van der Waals surface area contributed by atoms with Crippen LogP contribution >= 0.6 is 34.8 Å². The molecule has 2 rings (SSSR count). The second-order valence-corrected chi connectivity index (χ2v) is 8.39. The van der Waals surface area contributed by atoms with E-state index >= 15 is 0 Å². The van der Waals surface area contributed by atoms with Gasteiger partial charge < -0.3 is 0 Å². The predicted molar refractivity (Wildman–Crippen MR) is 97.8 cm³/mol. The molecule has 0 amide bonds. The van der Waals surface area contributed by atoms with Crippen molar-refractivity contribution in [3.05, 3.63) is 57.6 Å². The fraction of sp³-hybridized carbons (Fsp3) is 0.188. The van der Waals surface area contributed by atoms with Crippen molar-refractivity contribution in [3.63, 3.8) is 0 Å². The molecule has 0 spiro atoms. The van der Waals surface area contributed by atoms with Gasteiger partial charge in [0.25, 0.3) is 10.0 Å². The van der Waals surface area contributed by atoms with E-state index in [1.165, 1.54) is 18.2 Å². The van der Waals surface area contributed by atoms with E-state index in [9.17, 15) is 13.2 Å². The van der Waals surface area contributed by atoms with E-state index < -0.39 is 21.8 Å². The van der Waals surface area contributed by atoms with E-state index in [1.807, 2.05) is 19.9 Å². The summed E-state index contributed by atoms with van der Waals surface area (Å²) in [5.41, 5.74) is 2.08. The molecule has 24 heavy (non-hydrogen) atoms. The van der Waals surface area contributed by atoms with Crippen molar-refractivity contribution in [2.45, 2.75) is 18.7 Å². The highest BCUT2D eigenvalue weighted by molar-refractivity contribution is 7.92. The first-order chi connectivity index (χ1) is 11.1. The van der Waals surface area contributed by atoms with Crippen LogP contribution in [-0.4, -0.2) is 20.2 Å². The van der Waals surface area contributed by atoms with Crippen LogP contribution in [0.5, 0.6) is 0 Å². The second-order valence-electron chi connectivity index (χ2n) is 5.29. The molecule has 0 fully saturated rings.